The highest BCUT2D eigenvalue weighted by atomic mass is 15.1. The van der Waals surface area contributed by atoms with Gasteiger partial charge < -0.3 is 0 Å². The van der Waals surface area contributed by atoms with Crippen LogP contribution in [0.25, 0.3) is 0 Å². The molecule has 0 aliphatic heterocycles. The van der Waals surface area contributed by atoms with Crippen molar-refractivity contribution in [3.8, 4) is 6.19 Å². The summed E-state index contributed by atoms with van der Waals surface area (Å²) in [6, 6.07) is 0. The summed E-state index contributed by atoms with van der Waals surface area (Å²) in [7, 11) is 0. The van der Waals surface area contributed by atoms with Gasteiger partial charge >= 0.3 is 0 Å². The first-order valence-electron chi connectivity index (χ1n) is 11.3. The van der Waals surface area contributed by atoms with Crippen LogP contribution in [0.15, 0.2) is 12.4 Å². The smallest absolute Gasteiger partial charge is 0.189 e. The highest BCUT2D eigenvalue weighted by Gasteiger charge is 2.14. The summed E-state index contributed by atoms with van der Waals surface area (Å²) >= 11 is 0. The molecule has 1 unspecified atom stereocenters. The van der Waals surface area contributed by atoms with Crippen LogP contribution in [0.3, 0.4) is 0 Å². The lowest BCUT2D eigenvalue weighted by Gasteiger charge is -2.13. The Morgan fingerprint density at radius 3 is 1.81 bits per heavy atom. The molecule has 0 spiro atoms. The third-order valence-electron chi connectivity index (χ3n) is 5.54. The number of unbranched alkanes of at least 4 members (excludes halogenated alkanes) is 13. The Bertz CT molecular complexity index is 472. The average Bonchev–Trinajstić information content (AvgIpc) is 3.13. The van der Waals surface area contributed by atoms with Crippen molar-refractivity contribution in [1.82, 2.24) is 9.55 Å². The standard InChI is InChI=1S/C23H41N3/c1-3-5-6-7-8-9-10-11-12-13-14-15-16-17-18-22(4-2)23-25-19-20-26(23)21-24/h19-20,22H,3-18H2,1-2H3. The van der Waals surface area contributed by atoms with E-state index in [0.717, 1.165) is 18.7 Å². The molecule has 1 aromatic heterocycles. The quantitative estimate of drug-likeness (QED) is 0.269. The van der Waals surface area contributed by atoms with Gasteiger partial charge in [-0.25, -0.2) is 9.55 Å². The Morgan fingerprint density at radius 1 is 0.846 bits per heavy atom. The molecule has 0 radical (unpaired) electrons. The van der Waals surface area contributed by atoms with Gasteiger partial charge in [0.05, 0.1) is 0 Å². The molecule has 26 heavy (non-hydrogen) atoms. The van der Waals surface area contributed by atoms with Gasteiger partial charge in [0.25, 0.3) is 0 Å². The van der Waals surface area contributed by atoms with Crippen LogP contribution < -0.4 is 0 Å². The van der Waals surface area contributed by atoms with Gasteiger partial charge in [0.2, 0.25) is 0 Å². The normalized spacial score (nSPS) is 12.2. The van der Waals surface area contributed by atoms with Gasteiger partial charge in [-0.15, -0.1) is 0 Å². The summed E-state index contributed by atoms with van der Waals surface area (Å²) in [4.78, 5) is 4.38. The topological polar surface area (TPSA) is 41.6 Å². The molecule has 3 heteroatoms. The zero-order valence-corrected chi connectivity index (χ0v) is 17.4. The summed E-state index contributed by atoms with van der Waals surface area (Å²) in [6.45, 7) is 4.48. The maximum atomic E-state index is 9.12. The number of rotatable bonds is 17. The Morgan fingerprint density at radius 2 is 1.35 bits per heavy atom. The molecule has 1 rings (SSSR count). The Kier molecular flexibility index (Phi) is 13.9. The summed E-state index contributed by atoms with van der Waals surface area (Å²) in [6.07, 6.45) is 27.5. The van der Waals surface area contributed by atoms with Crippen molar-refractivity contribution in [3.63, 3.8) is 0 Å². The Balaban J connectivity index is 1.92. The van der Waals surface area contributed by atoms with Gasteiger partial charge in [-0.3, -0.25) is 0 Å². The number of nitrogens with zero attached hydrogens (tertiary/aromatic N) is 3. The minimum absolute atomic E-state index is 0.432. The van der Waals surface area contributed by atoms with Crippen LogP contribution in [-0.4, -0.2) is 9.55 Å². The number of nitriles is 1. The van der Waals surface area contributed by atoms with Gasteiger partial charge in [0.1, 0.15) is 5.82 Å². The van der Waals surface area contributed by atoms with E-state index in [1.165, 1.54) is 89.9 Å². The van der Waals surface area contributed by atoms with Gasteiger partial charge in [-0.2, -0.15) is 5.26 Å². The second kappa shape index (κ2) is 15.9. The molecule has 1 heterocycles. The molecule has 0 aromatic carbocycles. The van der Waals surface area contributed by atoms with Crippen molar-refractivity contribution in [2.45, 2.75) is 122 Å². The van der Waals surface area contributed by atoms with E-state index in [-0.39, 0.29) is 0 Å². The van der Waals surface area contributed by atoms with Crippen molar-refractivity contribution in [1.29, 1.82) is 5.26 Å². The summed E-state index contributed by atoms with van der Waals surface area (Å²) in [5.41, 5.74) is 0. The lowest BCUT2D eigenvalue weighted by molar-refractivity contribution is 0.500. The molecular weight excluding hydrogens is 318 g/mol. The minimum atomic E-state index is 0.432. The number of hydrogen-bond acceptors (Lipinski definition) is 2. The van der Waals surface area contributed by atoms with E-state index in [1.54, 1.807) is 17.0 Å². The predicted octanol–water partition coefficient (Wildman–Crippen LogP) is 7.58. The average molecular weight is 360 g/mol. The zero-order valence-electron chi connectivity index (χ0n) is 17.4. The summed E-state index contributed by atoms with van der Waals surface area (Å²) < 4.78 is 1.62. The molecule has 0 N–H and O–H groups in total. The monoisotopic (exact) mass is 359 g/mol. The first kappa shape index (κ1) is 22.7. The summed E-state index contributed by atoms with van der Waals surface area (Å²) in [5.74, 6) is 1.38. The molecule has 0 saturated carbocycles. The van der Waals surface area contributed by atoms with Gasteiger partial charge in [0, 0.05) is 18.3 Å². The first-order valence-corrected chi connectivity index (χ1v) is 11.3. The Labute approximate surface area is 162 Å². The second-order valence-corrected chi connectivity index (χ2v) is 7.75. The Hall–Kier alpha value is -1.30. The molecule has 0 amide bonds. The van der Waals surface area contributed by atoms with Crippen molar-refractivity contribution >= 4 is 0 Å². The largest absolute Gasteiger partial charge is 0.240 e. The van der Waals surface area contributed by atoms with Crippen LogP contribution in [-0.2, 0) is 0 Å². The fourth-order valence-corrected chi connectivity index (χ4v) is 3.80. The van der Waals surface area contributed by atoms with Gasteiger partial charge in [0.15, 0.2) is 6.19 Å². The highest BCUT2D eigenvalue weighted by molar-refractivity contribution is 5.06. The van der Waals surface area contributed by atoms with Crippen LogP contribution >= 0.6 is 0 Å². The number of imidazole rings is 1. The van der Waals surface area contributed by atoms with Crippen LogP contribution in [0.4, 0.5) is 0 Å². The highest BCUT2D eigenvalue weighted by Crippen LogP contribution is 2.24. The molecule has 3 nitrogen and oxygen atoms in total. The molecule has 0 saturated heterocycles. The fourth-order valence-electron chi connectivity index (χ4n) is 3.80. The van der Waals surface area contributed by atoms with Crippen LogP contribution in [0.5, 0.6) is 0 Å². The van der Waals surface area contributed by atoms with Crippen LogP contribution in [0.1, 0.15) is 128 Å². The molecule has 0 fully saturated rings. The van der Waals surface area contributed by atoms with E-state index in [9.17, 15) is 0 Å². The maximum Gasteiger partial charge on any atom is 0.189 e. The van der Waals surface area contributed by atoms with Crippen molar-refractivity contribution in [2.75, 3.05) is 0 Å². The van der Waals surface area contributed by atoms with E-state index in [4.69, 9.17) is 5.26 Å². The maximum absolute atomic E-state index is 9.12. The minimum Gasteiger partial charge on any atom is -0.240 e. The fraction of sp³-hybridized carbons (Fsp3) is 0.826. The molecule has 0 bridgehead atoms. The van der Waals surface area contributed by atoms with E-state index < -0.39 is 0 Å². The molecule has 0 aliphatic rings. The SMILES string of the molecule is CCCCCCCCCCCCCCCCC(CC)c1nccn1C#N. The molecule has 1 aromatic rings. The lowest BCUT2D eigenvalue weighted by atomic mass is 9.97. The van der Waals surface area contributed by atoms with E-state index >= 15 is 0 Å². The van der Waals surface area contributed by atoms with Crippen molar-refractivity contribution in [3.05, 3.63) is 18.2 Å². The third kappa shape index (κ3) is 10.00. The van der Waals surface area contributed by atoms with Gasteiger partial charge in [-0.05, 0) is 12.8 Å². The van der Waals surface area contributed by atoms with Crippen molar-refractivity contribution in [2.24, 2.45) is 0 Å². The van der Waals surface area contributed by atoms with Gasteiger partial charge in [-0.1, -0.05) is 104 Å². The van der Waals surface area contributed by atoms with Crippen molar-refractivity contribution < 1.29 is 0 Å². The molecule has 0 aliphatic carbocycles. The molecule has 1 atom stereocenters. The van der Waals surface area contributed by atoms with E-state index in [0.29, 0.717) is 5.92 Å². The lowest BCUT2D eigenvalue weighted by Crippen LogP contribution is -2.05. The van der Waals surface area contributed by atoms with Crippen LogP contribution in [0.2, 0.25) is 0 Å². The van der Waals surface area contributed by atoms with E-state index in [2.05, 4.69) is 25.0 Å². The zero-order chi connectivity index (χ0) is 18.9. The first-order chi connectivity index (χ1) is 12.8. The number of aromatic nitrogens is 2. The third-order valence-corrected chi connectivity index (χ3v) is 5.54. The van der Waals surface area contributed by atoms with E-state index in [1.807, 2.05) is 0 Å². The van der Waals surface area contributed by atoms with Crippen LogP contribution in [0, 0.1) is 11.5 Å². The second-order valence-electron chi connectivity index (χ2n) is 7.75. The number of hydrogen-bond donors (Lipinski definition) is 0. The summed E-state index contributed by atoms with van der Waals surface area (Å²) in [5, 5.41) is 9.12. The molecule has 148 valence electrons. The predicted molar refractivity (Wildman–Crippen MR) is 111 cm³/mol. The molecular formula is C23H41N3.